The monoisotopic (exact) mass is 268 g/mol. The Morgan fingerprint density at radius 3 is 2.83 bits per heavy atom. The van der Waals surface area contributed by atoms with Crippen LogP contribution < -0.4 is 0 Å². The summed E-state index contributed by atoms with van der Waals surface area (Å²) in [5.41, 5.74) is 0. The second kappa shape index (κ2) is 5.22. The zero-order valence-electron chi connectivity index (χ0n) is 6.46. The van der Waals surface area contributed by atoms with Crippen LogP contribution in [0.5, 0.6) is 0 Å². The molecule has 12 heavy (non-hydrogen) atoms. The molecule has 0 saturated heterocycles. The minimum atomic E-state index is 0.194. The third-order valence-corrected chi connectivity index (χ3v) is 3.57. The Morgan fingerprint density at radius 2 is 2.33 bits per heavy atom. The summed E-state index contributed by atoms with van der Waals surface area (Å²) in [6, 6.07) is 3.94. The predicted molar refractivity (Wildman–Crippen MR) is 57.5 cm³/mol. The first-order valence-corrected chi connectivity index (χ1v) is 5.82. The summed E-state index contributed by atoms with van der Waals surface area (Å²) in [5, 5.41) is 8.75. The molecule has 1 heterocycles. The molecule has 1 rings (SSSR count). The molecule has 1 aromatic rings. The van der Waals surface area contributed by atoms with E-state index in [1.807, 2.05) is 12.1 Å². The van der Waals surface area contributed by atoms with E-state index in [1.54, 1.807) is 11.3 Å². The normalized spacial score (nSPS) is 13.2. The summed E-state index contributed by atoms with van der Waals surface area (Å²) < 4.78 is 0.833. The van der Waals surface area contributed by atoms with Crippen LogP contribution in [0.15, 0.2) is 12.1 Å². The molecule has 1 N–H and O–H groups in total. The van der Waals surface area contributed by atoms with Crippen molar-refractivity contribution in [2.75, 3.05) is 6.61 Å². The molecule has 0 radical (unpaired) electrons. The molecule has 0 spiro atoms. The summed E-state index contributed by atoms with van der Waals surface area (Å²) in [7, 11) is 0. The third kappa shape index (κ3) is 3.44. The van der Waals surface area contributed by atoms with E-state index in [0.29, 0.717) is 0 Å². The molecule has 0 bridgehead atoms. The maximum atomic E-state index is 8.75. The van der Waals surface area contributed by atoms with E-state index in [-0.39, 0.29) is 11.4 Å². The minimum Gasteiger partial charge on any atom is -0.395 e. The number of alkyl halides is 1. The van der Waals surface area contributed by atoms with Gasteiger partial charge in [0.1, 0.15) is 0 Å². The van der Waals surface area contributed by atoms with E-state index in [9.17, 15) is 0 Å². The van der Waals surface area contributed by atoms with Gasteiger partial charge in [-0.25, -0.2) is 0 Å². The van der Waals surface area contributed by atoms with E-state index in [4.69, 9.17) is 16.7 Å². The van der Waals surface area contributed by atoms with Crippen molar-refractivity contribution >= 4 is 38.9 Å². The van der Waals surface area contributed by atoms with Gasteiger partial charge in [-0.05, 0) is 25.0 Å². The number of aliphatic hydroxyl groups is 1. The lowest BCUT2D eigenvalue weighted by atomic mass is 10.2. The number of hydrogen-bond donors (Lipinski definition) is 1. The van der Waals surface area contributed by atoms with Crippen molar-refractivity contribution in [1.29, 1.82) is 0 Å². The lowest BCUT2D eigenvalue weighted by molar-refractivity contribution is 0.293. The molecule has 68 valence electrons. The Balaban J connectivity index is 2.33. The number of thiophene rings is 1. The molecule has 0 fully saturated rings. The Labute approximate surface area is 89.5 Å². The molecule has 1 atom stereocenters. The highest BCUT2D eigenvalue weighted by molar-refractivity contribution is 9.09. The summed E-state index contributed by atoms with van der Waals surface area (Å²) in [6.45, 7) is 0.194. The van der Waals surface area contributed by atoms with Crippen molar-refractivity contribution in [3.05, 3.63) is 21.3 Å². The van der Waals surface area contributed by atoms with Crippen LogP contribution in [0.3, 0.4) is 0 Å². The van der Waals surface area contributed by atoms with Gasteiger partial charge in [-0.1, -0.05) is 27.5 Å². The van der Waals surface area contributed by atoms with Crippen LogP contribution in [0.1, 0.15) is 11.3 Å². The van der Waals surface area contributed by atoms with Crippen molar-refractivity contribution < 1.29 is 5.11 Å². The quantitative estimate of drug-likeness (QED) is 0.833. The van der Waals surface area contributed by atoms with Crippen LogP contribution in [0.4, 0.5) is 0 Å². The summed E-state index contributed by atoms with van der Waals surface area (Å²) in [6.07, 6.45) is 1.93. The van der Waals surface area contributed by atoms with Gasteiger partial charge in [-0.3, -0.25) is 0 Å². The van der Waals surface area contributed by atoms with Crippen molar-refractivity contribution in [2.45, 2.75) is 17.7 Å². The molecular weight excluding hydrogens is 260 g/mol. The molecule has 0 aliphatic heterocycles. The highest BCUT2D eigenvalue weighted by Crippen LogP contribution is 2.23. The van der Waals surface area contributed by atoms with Gasteiger partial charge in [0, 0.05) is 9.70 Å². The van der Waals surface area contributed by atoms with Gasteiger partial charge in [0.05, 0.1) is 10.9 Å². The number of aryl methyl sites for hydroxylation is 1. The van der Waals surface area contributed by atoms with Crippen molar-refractivity contribution in [3.8, 4) is 0 Å². The van der Waals surface area contributed by atoms with Gasteiger partial charge >= 0.3 is 0 Å². The van der Waals surface area contributed by atoms with E-state index >= 15 is 0 Å². The largest absolute Gasteiger partial charge is 0.395 e. The van der Waals surface area contributed by atoms with Crippen LogP contribution in [-0.2, 0) is 6.42 Å². The number of aliphatic hydroxyl groups excluding tert-OH is 1. The van der Waals surface area contributed by atoms with E-state index < -0.39 is 0 Å². The van der Waals surface area contributed by atoms with Crippen molar-refractivity contribution in [3.63, 3.8) is 0 Å². The molecule has 0 aliphatic carbocycles. The summed E-state index contributed by atoms with van der Waals surface area (Å²) >= 11 is 10.7. The Morgan fingerprint density at radius 1 is 1.58 bits per heavy atom. The van der Waals surface area contributed by atoms with Gasteiger partial charge in [-0.15, -0.1) is 11.3 Å². The number of rotatable bonds is 4. The van der Waals surface area contributed by atoms with Crippen LogP contribution in [0, 0.1) is 0 Å². The topological polar surface area (TPSA) is 20.2 Å². The minimum absolute atomic E-state index is 0.194. The van der Waals surface area contributed by atoms with Gasteiger partial charge in [0.25, 0.3) is 0 Å². The Bertz CT molecular complexity index is 239. The zero-order chi connectivity index (χ0) is 8.97. The van der Waals surface area contributed by atoms with E-state index in [0.717, 1.165) is 17.2 Å². The number of hydrogen-bond acceptors (Lipinski definition) is 2. The second-order valence-electron chi connectivity index (χ2n) is 2.52. The molecule has 4 heteroatoms. The summed E-state index contributed by atoms with van der Waals surface area (Å²) in [5.74, 6) is 0. The van der Waals surface area contributed by atoms with Crippen LogP contribution >= 0.6 is 38.9 Å². The fourth-order valence-electron chi connectivity index (χ4n) is 0.876. The number of halogens is 2. The van der Waals surface area contributed by atoms with Gasteiger partial charge in [0.15, 0.2) is 0 Å². The fourth-order valence-corrected chi connectivity index (χ4v) is 2.21. The molecule has 0 aromatic carbocycles. The lowest BCUT2D eigenvalue weighted by Crippen LogP contribution is -2.04. The Hall–Kier alpha value is 0.430. The van der Waals surface area contributed by atoms with Crippen LogP contribution in [-0.4, -0.2) is 16.5 Å². The SMILES string of the molecule is OCC(Br)CCc1ccc(Cl)s1. The maximum Gasteiger partial charge on any atom is 0.0931 e. The van der Waals surface area contributed by atoms with Gasteiger partial charge < -0.3 is 5.11 Å². The Kier molecular flexibility index (Phi) is 4.57. The highest BCUT2D eigenvalue weighted by Gasteiger charge is 2.03. The molecule has 0 saturated carbocycles. The standard InChI is InChI=1S/C8H10BrClOS/c9-6(5-11)1-2-7-3-4-8(10)12-7/h3-4,6,11H,1-2,5H2. The lowest BCUT2D eigenvalue weighted by Gasteiger charge is -2.02. The first kappa shape index (κ1) is 10.5. The first-order valence-electron chi connectivity index (χ1n) is 3.71. The molecular formula is C8H10BrClOS. The second-order valence-corrected chi connectivity index (χ2v) is 5.62. The molecule has 0 amide bonds. The van der Waals surface area contributed by atoms with Gasteiger partial charge in [-0.2, -0.15) is 0 Å². The van der Waals surface area contributed by atoms with Crippen LogP contribution in [0.2, 0.25) is 4.34 Å². The third-order valence-electron chi connectivity index (χ3n) is 1.53. The molecule has 1 unspecified atom stereocenters. The van der Waals surface area contributed by atoms with Crippen molar-refractivity contribution in [2.24, 2.45) is 0 Å². The van der Waals surface area contributed by atoms with Gasteiger partial charge in [0.2, 0.25) is 0 Å². The summed E-state index contributed by atoms with van der Waals surface area (Å²) in [4.78, 5) is 1.48. The average molecular weight is 270 g/mol. The fraction of sp³-hybridized carbons (Fsp3) is 0.500. The van der Waals surface area contributed by atoms with Crippen LogP contribution in [0.25, 0.3) is 0 Å². The molecule has 1 aromatic heterocycles. The average Bonchev–Trinajstić information content (AvgIpc) is 2.47. The maximum absolute atomic E-state index is 8.75. The first-order chi connectivity index (χ1) is 5.72. The van der Waals surface area contributed by atoms with E-state index in [2.05, 4.69) is 15.9 Å². The highest BCUT2D eigenvalue weighted by atomic mass is 79.9. The predicted octanol–water partition coefficient (Wildman–Crippen LogP) is 3.09. The van der Waals surface area contributed by atoms with E-state index in [1.165, 1.54) is 4.88 Å². The van der Waals surface area contributed by atoms with Crippen molar-refractivity contribution in [1.82, 2.24) is 0 Å². The molecule has 1 nitrogen and oxygen atoms in total. The zero-order valence-corrected chi connectivity index (χ0v) is 9.62. The molecule has 0 aliphatic rings. The smallest absolute Gasteiger partial charge is 0.0931 e.